The molecule has 1 fully saturated rings. The molecule has 0 aromatic carbocycles. The fourth-order valence-electron chi connectivity index (χ4n) is 1.58. The van der Waals surface area contributed by atoms with Crippen LogP contribution in [0.3, 0.4) is 0 Å². The van der Waals surface area contributed by atoms with Gasteiger partial charge < -0.3 is 9.47 Å². The van der Waals surface area contributed by atoms with Gasteiger partial charge in [0.05, 0.1) is 26.5 Å². The summed E-state index contributed by atoms with van der Waals surface area (Å²) < 4.78 is 35.8. The van der Waals surface area contributed by atoms with Crippen LogP contribution in [0.15, 0.2) is 23.2 Å². The molecule has 0 bridgehead atoms. The Hall–Kier alpha value is -1.18. The Labute approximate surface area is 100 Å². The molecule has 2 heterocycles. The third-order valence-corrected chi connectivity index (χ3v) is 4.41. The third-order valence-electron chi connectivity index (χ3n) is 2.53. The summed E-state index contributed by atoms with van der Waals surface area (Å²) >= 11 is 0. The summed E-state index contributed by atoms with van der Waals surface area (Å²) in [6.07, 6.45) is 1.31. The normalized spacial score (nSPS) is 17.9. The molecule has 0 amide bonds. The van der Waals surface area contributed by atoms with Crippen LogP contribution in [-0.4, -0.2) is 51.1 Å². The Kier molecular flexibility index (Phi) is 3.60. The highest BCUT2D eigenvalue weighted by molar-refractivity contribution is 7.89. The van der Waals surface area contributed by atoms with E-state index in [0.717, 1.165) is 0 Å². The summed E-state index contributed by atoms with van der Waals surface area (Å²) in [5.41, 5.74) is 0. The maximum atomic E-state index is 12.2. The van der Waals surface area contributed by atoms with Gasteiger partial charge in [0.2, 0.25) is 15.9 Å². The van der Waals surface area contributed by atoms with E-state index in [1.807, 2.05) is 0 Å². The van der Waals surface area contributed by atoms with E-state index in [9.17, 15) is 8.42 Å². The number of morpholine rings is 1. The van der Waals surface area contributed by atoms with Crippen LogP contribution >= 0.6 is 0 Å². The number of methoxy groups -OCH3 is 1. The number of rotatable bonds is 3. The van der Waals surface area contributed by atoms with Gasteiger partial charge in [0, 0.05) is 19.2 Å². The lowest BCUT2D eigenvalue weighted by Gasteiger charge is -2.25. The molecule has 6 nitrogen and oxygen atoms in total. The number of pyridine rings is 1. The standard InChI is InChI=1S/C10H14N2O4S/c1-15-10-3-2-9(8-11-10)17(13,14)12-4-6-16-7-5-12/h2-3,8H,4-7H2,1H3. The molecule has 1 aliphatic heterocycles. The molecule has 1 aromatic heterocycles. The van der Waals surface area contributed by atoms with Crippen molar-refractivity contribution in [3.8, 4) is 5.88 Å². The zero-order valence-corrected chi connectivity index (χ0v) is 10.3. The fraction of sp³-hybridized carbons (Fsp3) is 0.500. The molecule has 0 radical (unpaired) electrons. The fourth-order valence-corrected chi connectivity index (χ4v) is 2.93. The van der Waals surface area contributed by atoms with Crippen molar-refractivity contribution < 1.29 is 17.9 Å². The molecule has 0 spiro atoms. The predicted octanol–water partition coefficient (Wildman–Crippen LogP) is 0.111. The lowest BCUT2D eigenvalue weighted by atomic mass is 10.5. The number of hydrogen-bond acceptors (Lipinski definition) is 5. The average Bonchev–Trinajstić information content (AvgIpc) is 2.40. The first-order valence-corrected chi connectivity index (χ1v) is 6.66. The summed E-state index contributed by atoms with van der Waals surface area (Å²) in [7, 11) is -1.97. The minimum Gasteiger partial charge on any atom is -0.481 e. The lowest BCUT2D eigenvalue weighted by molar-refractivity contribution is 0.0730. The highest BCUT2D eigenvalue weighted by atomic mass is 32.2. The Morgan fingerprint density at radius 1 is 1.35 bits per heavy atom. The molecule has 17 heavy (non-hydrogen) atoms. The molecule has 94 valence electrons. The zero-order chi connectivity index (χ0) is 12.3. The number of aromatic nitrogens is 1. The molecular weight excluding hydrogens is 244 g/mol. The molecule has 0 unspecified atom stereocenters. The second kappa shape index (κ2) is 4.99. The van der Waals surface area contributed by atoms with E-state index in [1.54, 1.807) is 0 Å². The quantitative estimate of drug-likeness (QED) is 0.769. The van der Waals surface area contributed by atoms with Gasteiger partial charge in [-0.05, 0) is 6.07 Å². The summed E-state index contributed by atoms with van der Waals surface area (Å²) in [5.74, 6) is 0.394. The van der Waals surface area contributed by atoms with Gasteiger partial charge in [-0.25, -0.2) is 13.4 Å². The molecule has 0 aliphatic carbocycles. The van der Waals surface area contributed by atoms with Gasteiger partial charge in [-0.15, -0.1) is 0 Å². The van der Waals surface area contributed by atoms with Gasteiger partial charge in [-0.3, -0.25) is 0 Å². The average molecular weight is 258 g/mol. The Bertz CT molecular complexity index is 466. The summed E-state index contributed by atoms with van der Waals surface area (Å²) in [6.45, 7) is 1.63. The second-order valence-corrected chi connectivity index (χ2v) is 5.49. The topological polar surface area (TPSA) is 68.7 Å². The Morgan fingerprint density at radius 3 is 2.59 bits per heavy atom. The molecule has 1 aliphatic rings. The van der Waals surface area contributed by atoms with Crippen LogP contribution in [0.5, 0.6) is 5.88 Å². The molecule has 1 aromatic rings. The van der Waals surface area contributed by atoms with Crippen molar-refractivity contribution in [3.05, 3.63) is 18.3 Å². The first-order chi connectivity index (χ1) is 8.14. The SMILES string of the molecule is COc1ccc(S(=O)(=O)N2CCOCC2)cn1. The molecule has 1 saturated heterocycles. The summed E-state index contributed by atoms with van der Waals surface area (Å²) in [6, 6.07) is 3.03. The second-order valence-electron chi connectivity index (χ2n) is 3.55. The molecule has 0 saturated carbocycles. The van der Waals surface area contributed by atoms with Crippen LogP contribution in [0.4, 0.5) is 0 Å². The third kappa shape index (κ3) is 2.56. The van der Waals surface area contributed by atoms with Gasteiger partial charge in [0.15, 0.2) is 0 Å². The number of nitrogens with zero attached hydrogens (tertiary/aromatic N) is 2. The van der Waals surface area contributed by atoms with E-state index in [2.05, 4.69) is 4.98 Å². The molecule has 0 N–H and O–H groups in total. The van der Waals surface area contributed by atoms with Crippen LogP contribution in [-0.2, 0) is 14.8 Å². The largest absolute Gasteiger partial charge is 0.481 e. The van der Waals surface area contributed by atoms with Crippen LogP contribution in [0.2, 0.25) is 0 Å². The highest BCUT2D eigenvalue weighted by Gasteiger charge is 2.26. The van der Waals surface area contributed by atoms with Crippen LogP contribution in [0.25, 0.3) is 0 Å². The number of sulfonamides is 1. The van der Waals surface area contributed by atoms with Gasteiger partial charge in [0.25, 0.3) is 0 Å². The van der Waals surface area contributed by atoms with Crippen LogP contribution < -0.4 is 4.74 Å². The van der Waals surface area contributed by atoms with Crippen molar-refractivity contribution in [2.45, 2.75) is 4.90 Å². The number of ether oxygens (including phenoxy) is 2. The lowest BCUT2D eigenvalue weighted by Crippen LogP contribution is -2.40. The van der Waals surface area contributed by atoms with E-state index in [4.69, 9.17) is 9.47 Å². The molecule has 0 atom stereocenters. The maximum absolute atomic E-state index is 12.2. The van der Waals surface area contributed by atoms with E-state index >= 15 is 0 Å². The van der Waals surface area contributed by atoms with E-state index in [-0.39, 0.29) is 4.90 Å². The van der Waals surface area contributed by atoms with Crippen molar-refractivity contribution in [2.24, 2.45) is 0 Å². The first kappa shape index (κ1) is 12.3. The Morgan fingerprint density at radius 2 is 2.06 bits per heavy atom. The molecule has 2 rings (SSSR count). The van der Waals surface area contributed by atoms with Gasteiger partial charge >= 0.3 is 0 Å². The van der Waals surface area contributed by atoms with Crippen molar-refractivity contribution in [1.82, 2.24) is 9.29 Å². The van der Waals surface area contributed by atoms with Gasteiger partial charge in [0.1, 0.15) is 4.90 Å². The molecule has 7 heteroatoms. The van der Waals surface area contributed by atoms with Crippen molar-refractivity contribution in [3.63, 3.8) is 0 Å². The van der Waals surface area contributed by atoms with Gasteiger partial charge in [-0.2, -0.15) is 4.31 Å². The molecular formula is C10H14N2O4S. The number of hydrogen-bond donors (Lipinski definition) is 0. The van der Waals surface area contributed by atoms with Crippen molar-refractivity contribution in [2.75, 3.05) is 33.4 Å². The van der Waals surface area contributed by atoms with Crippen LogP contribution in [0, 0.1) is 0 Å². The predicted molar refractivity (Wildman–Crippen MR) is 60.4 cm³/mol. The zero-order valence-electron chi connectivity index (χ0n) is 9.50. The van der Waals surface area contributed by atoms with E-state index in [0.29, 0.717) is 32.2 Å². The van der Waals surface area contributed by atoms with Crippen LogP contribution in [0.1, 0.15) is 0 Å². The van der Waals surface area contributed by atoms with E-state index < -0.39 is 10.0 Å². The van der Waals surface area contributed by atoms with Crippen molar-refractivity contribution >= 4 is 10.0 Å². The monoisotopic (exact) mass is 258 g/mol. The van der Waals surface area contributed by atoms with E-state index in [1.165, 1.54) is 29.7 Å². The van der Waals surface area contributed by atoms with Crippen molar-refractivity contribution in [1.29, 1.82) is 0 Å². The summed E-state index contributed by atoms with van der Waals surface area (Å²) in [5, 5.41) is 0. The smallest absolute Gasteiger partial charge is 0.244 e. The Balaban J connectivity index is 2.23. The van der Waals surface area contributed by atoms with Gasteiger partial charge in [-0.1, -0.05) is 0 Å². The summed E-state index contributed by atoms with van der Waals surface area (Å²) in [4.78, 5) is 4.08. The maximum Gasteiger partial charge on any atom is 0.244 e. The first-order valence-electron chi connectivity index (χ1n) is 5.22. The minimum atomic E-state index is -3.45. The highest BCUT2D eigenvalue weighted by Crippen LogP contribution is 2.17. The minimum absolute atomic E-state index is 0.181.